The van der Waals surface area contributed by atoms with Gasteiger partial charge in [0.2, 0.25) is 0 Å². The van der Waals surface area contributed by atoms with Gasteiger partial charge in [-0.1, -0.05) is 48.0 Å². The second-order valence-corrected chi connectivity index (χ2v) is 4.82. The number of methoxy groups -OCH3 is 1. The monoisotopic (exact) mass is 251 g/mol. The first-order chi connectivity index (χ1) is 9.29. The predicted octanol–water partition coefficient (Wildman–Crippen LogP) is 4.21. The van der Waals surface area contributed by atoms with Gasteiger partial charge in [-0.25, -0.2) is 0 Å². The molecule has 0 fully saturated rings. The summed E-state index contributed by atoms with van der Waals surface area (Å²) >= 11 is 0. The van der Waals surface area contributed by atoms with E-state index >= 15 is 0 Å². The van der Waals surface area contributed by atoms with Gasteiger partial charge in [-0.2, -0.15) is 0 Å². The molecule has 1 atom stereocenters. The van der Waals surface area contributed by atoms with Crippen molar-refractivity contribution in [3.63, 3.8) is 0 Å². The Morgan fingerprint density at radius 3 is 2.68 bits per heavy atom. The van der Waals surface area contributed by atoms with Gasteiger partial charge in [-0.05, 0) is 18.6 Å². The highest BCUT2D eigenvalue weighted by atomic mass is 16.5. The van der Waals surface area contributed by atoms with Crippen LogP contribution in [0.3, 0.4) is 0 Å². The molecule has 96 valence electrons. The van der Waals surface area contributed by atoms with E-state index < -0.39 is 0 Å². The minimum Gasteiger partial charge on any atom is -0.372 e. The highest BCUT2D eigenvalue weighted by Gasteiger charge is 2.17. The third-order valence-corrected chi connectivity index (χ3v) is 3.48. The van der Waals surface area contributed by atoms with Gasteiger partial charge < -0.3 is 9.72 Å². The molecule has 0 saturated heterocycles. The molecule has 1 aromatic heterocycles. The van der Waals surface area contributed by atoms with E-state index in [9.17, 15) is 0 Å². The molecule has 0 bridgehead atoms. The van der Waals surface area contributed by atoms with Crippen molar-refractivity contribution in [3.05, 3.63) is 71.4 Å². The standard InChI is InChI=1S/C17H17NO/c1-12-6-5-7-13(10-12)17(19-2)15-11-18-16-9-4-3-8-14(15)16/h3-11,17-18H,1-2H3. The molecule has 3 aromatic rings. The summed E-state index contributed by atoms with van der Waals surface area (Å²) in [5.41, 5.74) is 4.77. The molecule has 1 heterocycles. The molecule has 0 amide bonds. The van der Waals surface area contributed by atoms with Crippen molar-refractivity contribution in [2.75, 3.05) is 7.11 Å². The van der Waals surface area contributed by atoms with E-state index in [2.05, 4.69) is 54.4 Å². The number of hydrogen-bond acceptors (Lipinski definition) is 1. The summed E-state index contributed by atoms with van der Waals surface area (Å²) < 4.78 is 5.72. The lowest BCUT2D eigenvalue weighted by Crippen LogP contribution is -2.03. The molecule has 3 rings (SSSR count). The number of benzene rings is 2. The van der Waals surface area contributed by atoms with Crippen molar-refractivity contribution in [2.45, 2.75) is 13.0 Å². The number of para-hydroxylation sites is 1. The number of rotatable bonds is 3. The quantitative estimate of drug-likeness (QED) is 0.741. The summed E-state index contributed by atoms with van der Waals surface area (Å²) in [6.45, 7) is 2.10. The highest BCUT2D eigenvalue weighted by molar-refractivity contribution is 5.83. The van der Waals surface area contributed by atoms with E-state index in [-0.39, 0.29) is 6.10 Å². The number of aromatic amines is 1. The molecule has 0 saturated carbocycles. The third kappa shape index (κ3) is 2.15. The molecule has 2 aromatic carbocycles. The Kier molecular flexibility index (Phi) is 3.10. The van der Waals surface area contributed by atoms with Crippen LogP contribution in [0.25, 0.3) is 10.9 Å². The number of nitrogens with one attached hydrogen (secondary N) is 1. The van der Waals surface area contributed by atoms with Gasteiger partial charge in [-0.3, -0.25) is 0 Å². The van der Waals surface area contributed by atoms with Crippen LogP contribution in [-0.2, 0) is 4.74 Å². The lowest BCUT2D eigenvalue weighted by atomic mass is 9.99. The molecular formula is C17H17NO. The summed E-state index contributed by atoms with van der Waals surface area (Å²) in [6.07, 6.45) is 2.01. The van der Waals surface area contributed by atoms with Crippen molar-refractivity contribution in [1.29, 1.82) is 0 Å². The number of ether oxygens (including phenoxy) is 1. The fourth-order valence-corrected chi connectivity index (χ4v) is 2.59. The Morgan fingerprint density at radius 1 is 1.05 bits per heavy atom. The molecule has 0 aliphatic rings. The van der Waals surface area contributed by atoms with Crippen LogP contribution in [0.5, 0.6) is 0 Å². The molecule has 19 heavy (non-hydrogen) atoms. The molecule has 1 unspecified atom stereocenters. The van der Waals surface area contributed by atoms with E-state index in [4.69, 9.17) is 4.74 Å². The van der Waals surface area contributed by atoms with Crippen molar-refractivity contribution in [3.8, 4) is 0 Å². The average molecular weight is 251 g/mol. The van der Waals surface area contributed by atoms with Crippen molar-refractivity contribution >= 4 is 10.9 Å². The smallest absolute Gasteiger partial charge is 0.109 e. The van der Waals surface area contributed by atoms with Crippen LogP contribution in [0.1, 0.15) is 22.8 Å². The maximum atomic E-state index is 5.72. The number of hydrogen-bond donors (Lipinski definition) is 1. The first-order valence-corrected chi connectivity index (χ1v) is 6.45. The Bertz CT molecular complexity index is 699. The van der Waals surface area contributed by atoms with Gasteiger partial charge in [0.25, 0.3) is 0 Å². The maximum absolute atomic E-state index is 5.72. The maximum Gasteiger partial charge on any atom is 0.109 e. The van der Waals surface area contributed by atoms with Crippen LogP contribution < -0.4 is 0 Å². The van der Waals surface area contributed by atoms with E-state index in [0.717, 1.165) is 5.52 Å². The normalized spacial score (nSPS) is 12.7. The van der Waals surface area contributed by atoms with Gasteiger partial charge in [0, 0.05) is 29.8 Å². The van der Waals surface area contributed by atoms with E-state index in [1.54, 1.807) is 7.11 Å². The Hall–Kier alpha value is -2.06. The third-order valence-electron chi connectivity index (χ3n) is 3.48. The number of aryl methyl sites for hydroxylation is 1. The largest absolute Gasteiger partial charge is 0.372 e. The molecule has 2 heteroatoms. The van der Waals surface area contributed by atoms with Crippen molar-refractivity contribution < 1.29 is 4.74 Å². The summed E-state index contributed by atoms with van der Waals surface area (Å²) in [5.74, 6) is 0. The molecular weight excluding hydrogens is 234 g/mol. The second-order valence-electron chi connectivity index (χ2n) is 4.82. The topological polar surface area (TPSA) is 25.0 Å². The van der Waals surface area contributed by atoms with E-state index in [1.807, 2.05) is 12.3 Å². The van der Waals surface area contributed by atoms with Crippen LogP contribution in [0, 0.1) is 6.92 Å². The number of aromatic nitrogens is 1. The minimum atomic E-state index is -0.0314. The first-order valence-electron chi connectivity index (χ1n) is 6.45. The van der Waals surface area contributed by atoms with Gasteiger partial charge in [-0.15, -0.1) is 0 Å². The van der Waals surface area contributed by atoms with Gasteiger partial charge in [0.05, 0.1) is 0 Å². The van der Waals surface area contributed by atoms with Crippen molar-refractivity contribution in [1.82, 2.24) is 4.98 Å². The summed E-state index contributed by atoms with van der Waals surface area (Å²) in [4.78, 5) is 3.31. The van der Waals surface area contributed by atoms with Crippen LogP contribution in [-0.4, -0.2) is 12.1 Å². The molecule has 0 aliphatic heterocycles. The first kappa shape index (κ1) is 12.0. The number of H-pyrrole nitrogens is 1. The minimum absolute atomic E-state index is 0.0314. The average Bonchev–Trinajstić information content (AvgIpc) is 2.84. The Morgan fingerprint density at radius 2 is 1.89 bits per heavy atom. The fraction of sp³-hybridized carbons (Fsp3) is 0.176. The molecule has 0 aliphatic carbocycles. The molecule has 1 N–H and O–H groups in total. The van der Waals surface area contributed by atoms with Crippen LogP contribution in [0.4, 0.5) is 0 Å². The Balaban J connectivity index is 2.12. The fourth-order valence-electron chi connectivity index (χ4n) is 2.59. The highest BCUT2D eigenvalue weighted by Crippen LogP contribution is 2.31. The summed E-state index contributed by atoms with van der Waals surface area (Å²) in [5, 5.41) is 1.22. The zero-order valence-electron chi connectivity index (χ0n) is 11.2. The summed E-state index contributed by atoms with van der Waals surface area (Å²) in [6, 6.07) is 16.8. The van der Waals surface area contributed by atoms with Gasteiger partial charge in [0.1, 0.15) is 6.10 Å². The van der Waals surface area contributed by atoms with Gasteiger partial charge >= 0.3 is 0 Å². The lowest BCUT2D eigenvalue weighted by Gasteiger charge is -2.16. The lowest BCUT2D eigenvalue weighted by molar-refractivity contribution is 0.137. The van der Waals surface area contributed by atoms with Crippen LogP contribution >= 0.6 is 0 Å². The van der Waals surface area contributed by atoms with Crippen LogP contribution in [0.15, 0.2) is 54.7 Å². The van der Waals surface area contributed by atoms with E-state index in [1.165, 1.54) is 22.1 Å². The Labute approximate surface area is 113 Å². The predicted molar refractivity (Wildman–Crippen MR) is 78.3 cm³/mol. The number of fused-ring (bicyclic) bond motifs is 1. The summed E-state index contributed by atoms with van der Waals surface area (Å²) in [7, 11) is 1.76. The zero-order valence-corrected chi connectivity index (χ0v) is 11.2. The van der Waals surface area contributed by atoms with Crippen molar-refractivity contribution in [2.24, 2.45) is 0 Å². The van der Waals surface area contributed by atoms with Crippen LogP contribution in [0.2, 0.25) is 0 Å². The molecule has 0 radical (unpaired) electrons. The second kappa shape index (κ2) is 4.90. The molecule has 0 spiro atoms. The van der Waals surface area contributed by atoms with E-state index in [0.29, 0.717) is 0 Å². The molecule has 2 nitrogen and oxygen atoms in total. The zero-order chi connectivity index (χ0) is 13.2. The van der Waals surface area contributed by atoms with Gasteiger partial charge in [0.15, 0.2) is 0 Å². The SMILES string of the molecule is COC(c1cccc(C)c1)c1c[nH]c2ccccc12.